The first kappa shape index (κ1) is 18.1. The lowest BCUT2D eigenvalue weighted by Gasteiger charge is -2.32. The van der Waals surface area contributed by atoms with E-state index in [1.165, 1.54) is 12.1 Å². The Bertz CT molecular complexity index is 558. The Morgan fingerprint density at radius 3 is 1.90 bits per heavy atom. The Labute approximate surface area is 127 Å². The Morgan fingerprint density at radius 2 is 1.57 bits per heavy atom. The van der Waals surface area contributed by atoms with E-state index in [1.807, 2.05) is 13.8 Å². The molecule has 1 aromatic carbocycles. The van der Waals surface area contributed by atoms with E-state index in [-0.39, 0.29) is 5.54 Å². The molecule has 0 bridgehead atoms. The van der Waals surface area contributed by atoms with Gasteiger partial charge in [0.15, 0.2) is 0 Å². The zero-order chi connectivity index (χ0) is 16.3. The van der Waals surface area contributed by atoms with Gasteiger partial charge in [0, 0.05) is 11.6 Å². The van der Waals surface area contributed by atoms with Gasteiger partial charge in [-0.05, 0) is 37.1 Å². The second-order valence-electron chi connectivity index (χ2n) is 4.72. The van der Waals surface area contributed by atoms with Crippen molar-refractivity contribution in [3.05, 3.63) is 24.3 Å². The summed E-state index contributed by atoms with van der Waals surface area (Å²) in [7, 11) is -5.31. The van der Waals surface area contributed by atoms with Crippen LogP contribution in [-0.4, -0.2) is 25.3 Å². The molecule has 1 aromatic rings. The number of anilines is 1. The van der Waals surface area contributed by atoms with Crippen LogP contribution in [0, 0.1) is 0 Å². The van der Waals surface area contributed by atoms with Crippen molar-refractivity contribution in [3.63, 3.8) is 0 Å². The summed E-state index contributed by atoms with van der Waals surface area (Å²) < 4.78 is 59.8. The van der Waals surface area contributed by atoms with Crippen LogP contribution in [0.15, 0.2) is 29.2 Å². The number of hydrogen-bond acceptors (Lipinski definition) is 3. The van der Waals surface area contributed by atoms with Crippen LogP contribution in [0.4, 0.5) is 18.9 Å². The third-order valence-corrected chi connectivity index (χ3v) is 5.50. The van der Waals surface area contributed by atoms with Gasteiger partial charge < -0.3 is 5.32 Å². The maximum atomic E-state index is 12.4. The Hall–Kier alpha value is -0.950. The normalized spacial score (nSPS) is 13.2. The zero-order valence-electron chi connectivity index (χ0n) is 11.7. The number of rotatable bonds is 6. The van der Waals surface area contributed by atoms with E-state index in [2.05, 4.69) is 5.32 Å². The molecular formula is C13H17ClF3NO2S. The second kappa shape index (κ2) is 6.44. The molecule has 3 nitrogen and oxygen atoms in total. The van der Waals surface area contributed by atoms with Crippen LogP contribution in [0.25, 0.3) is 0 Å². The number of nitrogens with one attached hydrogen (secondary N) is 1. The zero-order valence-corrected chi connectivity index (χ0v) is 13.2. The van der Waals surface area contributed by atoms with Gasteiger partial charge in [-0.2, -0.15) is 13.2 Å². The first-order valence-electron chi connectivity index (χ1n) is 6.37. The molecule has 1 rings (SSSR count). The van der Waals surface area contributed by atoms with Crippen LogP contribution in [0.5, 0.6) is 0 Å². The minimum Gasteiger partial charge on any atom is -0.378 e. The first-order valence-corrected chi connectivity index (χ1v) is 8.39. The SMILES string of the molecule is CCC(CC)(CCl)Nc1ccc(S(=O)(=O)C(F)(F)F)cc1. The molecule has 0 spiro atoms. The van der Waals surface area contributed by atoms with Gasteiger partial charge in [-0.3, -0.25) is 0 Å². The van der Waals surface area contributed by atoms with Crippen LogP contribution in [0.1, 0.15) is 26.7 Å². The average molecular weight is 344 g/mol. The highest BCUT2D eigenvalue weighted by atomic mass is 35.5. The van der Waals surface area contributed by atoms with Gasteiger partial charge in [-0.1, -0.05) is 13.8 Å². The molecule has 0 saturated heterocycles. The van der Waals surface area contributed by atoms with Crippen molar-refractivity contribution >= 4 is 27.1 Å². The van der Waals surface area contributed by atoms with E-state index < -0.39 is 20.2 Å². The van der Waals surface area contributed by atoms with Crippen molar-refractivity contribution in [2.75, 3.05) is 11.2 Å². The fraction of sp³-hybridized carbons (Fsp3) is 0.538. The molecular weight excluding hydrogens is 327 g/mol. The van der Waals surface area contributed by atoms with Crippen LogP contribution >= 0.6 is 11.6 Å². The highest BCUT2D eigenvalue weighted by Gasteiger charge is 2.46. The largest absolute Gasteiger partial charge is 0.501 e. The third-order valence-electron chi connectivity index (χ3n) is 3.49. The van der Waals surface area contributed by atoms with Crippen LogP contribution < -0.4 is 5.32 Å². The van der Waals surface area contributed by atoms with Gasteiger partial charge >= 0.3 is 5.51 Å². The summed E-state index contributed by atoms with van der Waals surface area (Å²) in [6, 6.07) is 4.50. The van der Waals surface area contributed by atoms with Crippen molar-refractivity contribution < 1.29 is 21.6 Å². The molecule has 0 aromatic heterocycles. The standard InChI is InChI=1S/C13H17ClF3NO2S/c1-3-12(4-2,9-14)18-10-5-7-11(8-6-10)21(19,20)13(15,16)17/h5-8,18H,3-4,9H2,1-2H3. The van der Waals surface area contributed by atoms with Crippen molar-refractivity contribution in [3.8, 4) is 0 Å². The summed E-state index contributed by atoms with van der Waals surface area (Å²) in [5, 5.41) is 3.15. The average Bonchev–Trinajstić information content (AvgIpc) is 2.44. The van der Waals surface area contributed by atoms with E-state index in [0.29, 0.717) is 11.6 Å². The summed E-state index contributed by atoms with van der Waals surface area (Å²) >= 11 is 5.93. The Morgan fingerprint density at radius 1 is 1.10 bits per heavy atom. The van der Waals surface area contributed by atoms with E-state index in [0.717, 1.165) is 25.0 Å². The van der Waals surface area contributed by atoms with E-state index in [4.69, 9.17) is 11.6 Å². The maximum absolute atomic E-state index is 12.4. The molecule has 1 N–H and O–H groups in total. The molecule has 0 amide bonds. The fourth-order valence-corrected chi connectivity index (χ4v) is 3.01. The van der Waals surface area contributed by atoms with Crippen molar-refractivity contribution in [2.45, 2.75) is 42.6 Å². The molecule has 0 unspecified atom stereocenters. The van der Waals surface area contributed by atoms with Crippen molar-refractivity contribution in [2.24, 2.45) is 0 Å². The number of halogens is 4. The summed E-state index contributed by atoms with van der Waals surface area (Å²) in [5.41, 5.74) is -5.14. The summed E-state index contributed by atoms with van der Waals surface area (Å²) in [6.45, 7) is 3.89. The lowest BCUT2D eigenvalue weighted by Crippen LogP contribution is -2.38. The lowest BCUT2D eigenvalue weighted by atomic mass is 9.95. The predicted molar refractivity (Wildman–Crippen MR) is 77.3 cm³/mol. The van der Waals surface area contributed by atoms with Crippen molar-refractivity contribution in [1.29, 1.82) is 0 Å². The number of sulfone groups is 1. The van der Waals surface area contributed by atoms with E-state index >= 15 is 0 Å². The second-order valence-corrected chi connectivity index (χ2v) is 6.93. The molecule has 0 heterocycles. The van der Waals surface area contributed by atoms with Crippen LogP contribution in [0.3, 0.4) is 0 Å². The van der Waals surface area contributed by atoms with Gasteiger partial charge in [0.25, 0.3) is 9.84 Å². The molecule has 0 radical (unpaired) electrons. The number of alkyl halides is 4. The van der Waals surface area contributed by atoms with Gasteiger partial charge in [-0.15, -0.1) is 11.6 Å². The van der Waals surface area contributed by atoms with Gasteiger partial charge in [0.1, 0.15) is 0 Å². The molecule has 21 heavy (non-hydrogen) atoms. The van der Waals surface area contributed by atoms with Crippen molar-refractivity contribution in [1.82, 2.24) is 0 Å². The van der Waals surface area contributed by atoms with Crippen LogP contribution in [-0.2, 0) is 9.84 Å². The number of benzene rings is 1. The summed E-state index contributed by atoms with van der Waals surface area (Å²) in [4.78, 5) is -0.773. The molecule has 8 heteroatoms. The molecule has 0 aliphatic rings. The molecule has 0 aliphatic heterocycles. The highest BCUT2D eigenvalue weighted by molar-refractivity contribution is 7.92. The molecule has 120 valence electrons. The molecule has 0 aliphatic carbocycles. The van der Waals surface area contributed by atoms with Gasteiger partial charge in [0.2, 0.25) is 0 Å². The topological polar surface area (TPSA) is 46.2 Å². The summed E-state index contributed by atoms with van der Waals surface area (Å²) in [6.07, 6.45) is 1.46. The van der Waals surface area contributed by atoms with Gasteiger partial charge in [0.05, 0.1) is 10.4 Å². The minimum absolute atomic E-state index is 0.336. The third kappa shape index (κ3) is 3.83. The first-order chi connectivity index (χ1) is 9.62. The highest BCUT2D eigenvalue weighted by Crippen LogP contribution is 2.31. The molecule has 0 saturated carbocycles. The minimum atomic E-state index is -5.31. The Balaban J connectivity index is 3.04. The molecule has 0 fully saturated rings. The van der Waals surface area contributed by atoms with Gasteiger partial charge in [-0.25, -0.2) is 8.42 Å². The van der Waals surface area contributed by atoms with E-state index in [1.54, 1.807) is 0 Å². The monoisotopic (exact) mass is 343 g/mol. The Kier molecular flexibility index (Phi) is 5.55. The number of hydrogen-bond donors (Lipinski definition) is 1. The predicted octanol–water partition coefficient (Wildman–Crippen LogP) is 4.19. The lowest BCUT2D eigenvalue weighted by molar-refractivity contribution is -0.0436. The quantitative estimate of drug-likeness (QED) is 0.788. The van der Waals surface area contributed by atoms with Crippen LogP contribution in [0.2, 0.25) is 0 Å². The maximum Gasteiger partial charge on any atom is 0.501 e. The molecule has 0 atom stereocenters. The summed E-state index contributed by atoms with van der Waals surface area (Å²) in [5.74, 6) is 0.336. The fourth-order valence-electron chi connectivity index (χ4n) is 1.81. The van der Waals surface area contributed by atoms with E-state index in [9.17, 15) is 21.6 Å². The smallest absolute Gasteiger partial charge is 0.378 e.